The zero-order chi connectivity index (χ0) is 41.0. The first-order valence-corrected chi connectivity index (χ1v) is 19.3. The number of rotatable bonds is 7. The van der Waals surface area contributed by atoms with Crippen LogP contribution >= 0.6 is 0 Å². The number of allylic oxidation sites excluding steroid dienone is 4. The Morgan fingerprint density at radius 1 is 0.746 bits per heavy atom. The molecule has 5 aromatic carbocycles. The van der Waals surface area contributed by atoms with Gasteiger partial charge in [-0.15, -0.1) is 24.4 Å². The first-order chi connectivity index (χ1) is 27.8. The van der Waals surface area contributed by atoms with Crippen molar-refractivity contribution in [3.63, 3.8) is 0 Å². The molecule has 298 valence electrons. The van der Waals surface area contributed by atoms with Crippen LogP contribution in [0, 0.1) is 20.0 Å². The normalized spacial score (nSPS) is 12.3. The topological polar surface area (TPSA) is 85.2 Å². The van der Waals surface area contributed by atoms with Gasteiger partial charge in [0.15, 0.2) is 0 Å². The van der Waals surface area contributed by atoms with E-state index in [0.29, 0.717) is 11.9 Å². The summed E-state index contributed by atoms with van der Waals surface area (Å²) in [4.78, 5) is 25.7. The van der Waals surface area contributed by atoms with Crippen LogP contribution in [0.4, 0.5) is 17.6 Å². The minimum atomic E-state index is -0.261. The van der Waals surface area contributed by atoms with Crippen molar-refractivity contribution in [2.24, 2.45) is 4.99 Å². The molecule has 0 fully saturated rings. The summed E-state index contributed by atoms with van der Waals surface area (Å²) >= 11 is 0. The van der Waals surface area contributed by atoms with Crippen LogP contribution in [0.3, 0.4) is 0 Å². The Kier molecular flexibility index (Phi) is 12.7. The quantitative estimate of drug-likeness (QED) is 0.0899. The van der Waals surface area contributed by atoms with Gasteiger partial charge in [-0.25, -0.2) is 9.97 Å². The first kappa shape index (κ1) is 42.3. The molecule has 3 heterocycles. The average Bonchev–Trinajstić information content (AvgIpc) is 3.78. The summed E-state index contributed by atoms with van der Waals surface area (Å²) < 4.78 is 8.22. The van der Waals surface area contributed by atoms with Crippen molar-refractivity contribution >= 4 is 62.3 Å². The number of fused-ring (bicyclic) bond motifs is 4. The molecule has 8 rings (SSSR count). The number of aliphatic imine (C=N–C) groups is 1. The number of nitrogens with zero attached hydrogens (tertiary/aromatic N) is 7. The molecule has 0 amide bonds. The maximum absolute atomic E-state index is 6.07. The molecule has 3 aromatic heterocycles. The molecule has 0 saturated carbocycles. The molecule has 0 spiro atoms. The molecular formula is C50H48IrN7O. The third-order valence-corrected chi connectivity index (χ3v) is 9.53. The van der Waals surface area contributed by atoms with Gasteiger partial charge >= 0.3 is 20.1 Å². The standard InChI is InChI=1S/C30H31N6.C20H17NO.Ir/c1-29(2,3)25-32-26(30(4,5)6)34-27(33-25)36(22-17-11-8-12-18-22)28-31-23-19-13-14-20-24(23)35(28)21-15-9-7-10-16-21;1-14(8-6-7-13-21-3)19-15(2)11-12-17-16-9-4-5-10-18(16)22-20(17)19;/h7-17,19-20H,1-6H3;4-13H,2-3H2,1H3;/q-1;-2;+3/b;7-6-,14-8+,21-13?;. The molecule has 0 radical (unpaired) electrons. The second-order valence-corrected chi connectivity index (χ2v) is 16.1. The number of aromatic nitrogens is 5. The molecule has 0 atom stereocenters. The summed E-state index contributed by atoms with van der Waals surface area (Å²) in [7, 11) is 3.41. The van der Waals surface area contributed by atoms with Gasteiger partial charge in [-0.2, -0.15) is 59.8 Å². The van der Waals surface area contributed by atoms with E-state index >= 15 is 0 Å². The zero-order valence-corrected chi connectivity index (χ0v) is 37.0. The molecule has 59 heavy (non-hydrogen) atoms. The van der Waals surface area contributed by atoms with Crippen molar-refractivity contribution in [3.8, 4) is 5.69 Å². The largest absolute Gasteiger partial charge is 3.00 e. The first-order valence-electron chi connectivity index (χ1n) is 19.3. The summed E-state index contributed by atoms with van der Waals surface area (Å²) in [5.74, 6) is 2.69. The van der Waals surface area contributed by atoms with Gasteiger partial charge in [-0.1, -0.05) is 126 Å². The van der Waals surface area contributed by atoms with Crippen LogP contribution in [0.2, 0.25) is 0 Å². The molecule has 0 N–H and O–H groups in total. The fourth-order valence-corrected chi connectivity index (χ4v) is 6.61. The van der Waals surface area contributed by atoms with Crippen LogP contribution in [0.5, 0.6) is 0 Å². The van der Waals surface area contributed by atoms with E-state index in [-0.39, 0.29) is 30.9 Å². The van der Waals surface area contributed by atoms with Crippen molar-refractivity contribution in [2.75, 3.05) is 4.90 Å². The predicted molar refractivity (Wildman–Crippen MR) is 240 cm³/mol. The Hall–Kier alpha value is -6.28. The number of hydrogen-bond acceptors (Lipinski definition) is 7. The molecule has 0 aliphatic heterocycles. The second kappa shape index (κ2) is 17.7. The van der Waals surface area contributed by atoms with Crippen molar-refractivity contribution in [3.05, 3.63) is 176 Å². The summed E-state index contributed by atoms with van der Waals surface area (Å²) in [5.41, 5.74) is 8.07. The summed E-state index contributed by atoms with van der Waals surface area (Å²) in [6.45, 7) is 18.9. The molecule has 0 aliphatic carbocycles. The molecule has 9 heteroatoms. The van der Waals surface area contributed by atoms with Crippen LogP contribution in [0.15, 0.2) is 143 Å². The van der Waals surface area contributed by atoms with Gasteiger partial charge in [0, 0.05) is 27.3 Å². The van der Waals surface area contributed by atoms with Crippen molar-refractivity contribution in [1.82, 2.24) is 24.5 Å². The Morgan fingerprint density at radius 3 is 2.08 bits per heavy atom. The zero-order valence-electron chi connectivity index (χ0n) is 34.6. The monoisotopic (exact) mass is 955 g/mol. The maximum atomic E-state index is 6.07. The maximum Gasteiger partial charge on any atom is 3.00 e. The van der Waals surface area contributed by atoms with Crippen molar-refractivity contribution < 1.29 is 24.5 Å². The Labute approximate surface area is 360 Å². The third-order valence-electron chi connectivity index (χ3n) is 9.53. The minimum absolute atomic E-state index is 0. The Morgan fingerprint density at radius 2 is 1.41 bits per heavy atom. The van der Waals surface area contributed by atoms with Crippen LogP contribution in [0.1, 0.15) is 71.2 Å². The molecular weight excluding hydrogens is 907 g/mol. The van der Waals surface area contributed by atoms with Crippen LogP contribution in [-0.4, -0.2) is 30.7 Å². The summed E-state index contributed by atoms with van der Waals surface area (Å²) in [6, 6.07) is 41.8. The fourth-order valence-electron chi connectivity index (χ4n) is 6.61. The Bertz CT molecular complexity index is 2750. The van der Waals surface area contributed by atoms with Gasteiger partial charge in [0.1, 0.15) is 17.2 Å². The summed E-state index contributed by atoms with van der Waals surface area (Å²) in [6.07, 6.45) is 7.46. The van der Waals surface area contributed by atoms with E-state index in [4.69, 9.17) is 24.4 Å². The van der Waals surface area contributed by atoms with Crippen molar-refractivity contribution in [1.29, 1.82) is 0 Å². The molecule has 0 saturated heterocycles. The average molecular weight is 955 g/mol. The van der Waals surface area contributed by atoms with E-state index < -0.39 is 0 Å². The SMILES string of the molecule is CC(C)(C)c1nc(N(c2[c-]cccc2)c2nc3ccccc3n2-c2ccccc2)nc(C(C)(C)C)n1.[CH2-]N=C/C=C\C=C(/C)c1c([CH2-])ccc2c1oc1ccccc12.[Ir+3]. The van der Waals surface area contributed by atoms with E-state index in [9.17, 15) is 0 Å². The fraction of sp³-hybridized carbons (Fsp3) is 0.180. The van der Waals surface area contributed by atoms with Crippen LogP contribution < -0.4 is 4.90 Å². The van der Waals surface area contributed by atoms with Gasteiger partial charge in [0.2, 0.25) is 11.9 Å². The van der Waals surface area contributed by atoms with Gasteiger partial charge < -0.3 is 9.41 Å². The van der Waals surface area contributed by atoms with Crippen molar-refractivity contribution in [2.45, 2.75) is 59.3 Å². The van der Waals surface area contributed by atoms with Gasteiger partial charge in [0.05, 0.1) is 16.6 Å². The van der Waals surface area contributed by atoms with E-state index in [0.717, 1.165) is 72.7 Å². The molecule has 0 unspecified atom stereocenters. The van der Waals surface area contributed by atoms with Gasteiger partial charge in [0.25, 0.3) is 0 Å². The summed E-state index contributed by atoms with van der Waals surface area (Å²) in [5, 5.41) is 2.25. The number of benzene rings is 5. The van der Waals surface area contributed by atoms with Gasteiger partial charge in [-0.05, 0) is 30.3 Å². The molecule has 0 aliphatic rings. The van der Waals surface area contributed by atoms with E-state index in [1.54, 1.807) is 6.21 Å². The number of para-hydroxylation sites is 5. The number of anilines is 3. The third kappa shape index (κ3) is 9.07. The van der Waals surface area contributed by atoms with E-state index in [2.05, 4.69) is 108 Å². The number of hydrogen-bond donors (Lipinski definition) is 0. The predicted octanol–water partition coefficient (Wildman–Crippen LogP) is 12.7. The van der Waals surface area contributed by atoms with E-state index in [1.165, 1.54) is 0 Å². The molecule has 0 bridgehead atoms. The Balaban J connectivity index is 0.000000218. The molecule has 8 nitrogen and oxygen atoms in total. The minimum Gasteiger partial charge on any atom is -0.468 e. The smallest absolute Gasteiger partial charge is 0.468 e. The second-order valence-electron chi connectivity index (χ2n) is 16.1. The number of furan rings is 1. The van der Waals surface area contributed by atoms with E-state index in [1.807, 2.05) is 108 Å². The number of imidazole rings is 1. The van der Waals surface area contributed by atoms with Crippen LogP contribution in [-0.2, 0) is 30.9 Å². The molecule has 8 aromatic rings. The van der Waals surface area contributed by atoms with Crippen LogP contribution in [0.25, 0.3) is 44.2 Å². The van der Waals surface area contributed by atoms with Gasteiger partial charge in [-0.3, -0.25) is 9.47 Å².